The number of ether oxygens (including phenoxy) is 1. The molecule has 0 unspecified atom stereocenters. The molecule has 0 aliphatic carbocycles. The number of nitrogens with zero attached hydrogens (tertiary/aromatic N) is 2. The van der Waals surface area contributed by atoms with Crippen molar-refractivity contribution in [3.05, 3.63) is 28.2 Å². The van der Waals surface area contributed by atoms with Crippen LogP contribution in [-0.4, -0.2) is 64.5 Å². The third kappa shape index (κ3) is 4.33. The summed E-state index contributed by atoms with van der Waals surface area (Å²) < 4.78 is 5.54. The van der Waals surface area contributed by atoms with Crippen molar-refractivity contribution in [2.24, 2.45) is 0 Å². The number of amides is 2. The first-order valence-electron chi connectivity index (χ1n) is 6.94. The molecule has 1 saturated heterocycles. The van der Waals surface area contributed by atoms with Gasteiger partial charge in [0, 0.05) is 26.1 Å². The maximum absolute atomic E-state index is 11.3. The van der Waals surface area contributed by atoms with Crippen molar-refractivity contribution < 1.29 is 24.5 Å². The van der Waals surface area contributed by atoms with Crippen LogP contribution in [0.3, 0.4) is 0 Å². The zero-order valence-corrected chi connectivity index (χ0v) is 13.6. The molecule has 2 amide bonds. The van der Waals surface area contributed by atoms with Crippen molar-refractivity contribution in [1.29, 1.82) is 0 Å². The number of carbonyl (C=O) groups is 2. The SMILES string of the molecule is O=C(O)N1CCN(C(=O)O)[C@H](CCOc2cccc(Cl)c2Cl)C1. The van der Waals surface area contributed by atoms with E-state index >= 15 is 0 Å². The first-order chi connectivity index (χ1) is 10.9. The van der Waals surface area contributed by atoms with Gasteiger partial charge in [-0.15, -0.1) is 0 Å². The van der Waals surface area contributed by atoms with E-state index in [9.17, 15) is 14.7 Å². The fourth-order valence-electron chi connectivity index (χ4n) is 2.43. The standard InChI is InChI=1S/C14H16Cl2N2O5/c15-10-2-1-3-11(12(10)16)23-7-4-9-8-17(13(19)20)5-6-18(9)14(21)22/h1-3,9H,4-8H2,(H,19,20)(H,21,22)/t9-/m1/s1. The molecule has 9 heteroatoms. The molecule has 1 aromatic rings. The predicted molar refractivity (Wildman–Crippen MR) is 84.7 cm³/mol. The maximum Gasteiger partial charge on any atom is 0.407 e. The van der Waals surface area contributed by atoms with Gasteiger partial charge in [0.25, 0.3) is 0 Å². The van der Waals surface area contributed by atoms with Crippen molar-refractivity contribution in [3.63, 3.8) is 0 Å². The van der Waals surface area contributed by atoms with Crippen LogP contribution in [0.1, 0.15) is 6.42 Å². The lowest BCUT2D eigenvalue weighted by Crippen LogP contribution is -2.56. The van der Waals surface area contributed by atoms with Gasteiger partial charge in [-0.3, -0.25) is 0 Å². The Morgan fingerprint density at radius 1 is 1.22 bits per heavy atom. The fourth-order valence-corrected chi connectivity index (χ4v) is 2.77. The average Bonchev–Trinajstić information content (AvgIpc) is 2.51. The van der Waals surface area contributed by atoms with Crippen molar-refractivity contribution in [1.82, 2.24) is 9.80 Å². The molecule has 126 valence electrons. The van der Waals surface area contributed by atoms with E-state index in [1.54, 1.807) is 18.2 Å². The number of halogens is 2. The quantitative estimate of drug-likeness (QED) is 0.858. The summed E-state index contributed by atoms with van der Waals surface area (Å²) in [5.74, 6) is 0.409. The van der Waals surface area contributed by atoms with E-state index in [-0.39, 0.29) is 26.2 Å². The smallest absolute Gasteiger partial charge is 0.407 e. The van der Waals surface area contributed by atoms with Gasteiger partial charge in [0.2, 0.25) is 0 Å². The Hall–Kier alpha value is -1.86. The van der Waals surface area contributed by atoms with Crippen LogP contribution >= 0.6 is 23.2 Å². The molecule has 0 radical (unpaired) electrons. The summed E-state index contributed by atoms with van der Waals surface area (Å²) in [5, 5.41) is 18.9. The minimum absolute atomic E-state index is 0.119. The van der Waals surface area contributed by atoms with Crippen LogP contribution in [0, 0.1) is 0 Å². The molecule has 0 bridgehead atoms. The summed E-state index contributed by atoms with van der Waals surface area (Å²) in [5.41, 5.74) is 0. The number of carboxylic acid groups (broad SMARTS) is 2. The van der Waals surface area contributed by atoms with Gasteiger partial charge in [-0.05, 0) is 12.1 Å². The Labute approximate surface area is 142 Å². The van der Waals surface area contributed by atoms with Crippen molar-refractivity contribution in [3.8, 4) is 5.75 Å². The molecule has 23 heavy (non-hydrogen) atoms. The van der Waals surface area contributed by atoms with Crippen LogP contribution in [0.2, 0.25) is 10.0 Å². The lowest BCUT2D eigenvalue weighted by molar-refractivity contribution is 0.0562. The maximum atomic E-state index is 11.3. The number of piperazine rings is 1. The highest BCUT2D eigenvalue weighted by molar-refractivity contribution is 6.42. The van der Waals surface area contributed by atoms with Crippen LogP contribution < -0.4 is 4.74 Å². The molecule has 0 spiro atoms. The minimum atomic E-state index is -1.07. The van der Waals surface area contributed by atoms with Crippen molar-refractivity contribution in [2.45, 2.75) is 12.5 Å². The molecule has 1 atom stereocenters. The van der Waals surface area contributed by atoms with Gasteiger partial charge >= 0.3 is 12.2 Å². The zero-order chi connectivity index (χ0) is 17.0. The Morgan fingerprint density at radius 2 is 1.96 bits per heavy atom. The number of hydrogen-bond acceptors (Lipinski definition) is 3. The molecule has 0 aromatic heterocycles. The monoisotopic (exact) mass is 362 g/mol. The first kappa shape index (κ1) is 17.5. The van der Waals surface area contributed by atoms with E-state index in [0.29, 0.717) is 22.2 Å². The largest absolute Gasteiger partial charge is 0.492 e. The second-order valence-corrected chi connectivity index (χ2v) is 5.83. The highest BCUT2D eigenvalue weighted by Crippen LogP contribution is 2.31. The summed E-state index contributed by atoms with van der Waals surface area (Å²) in [6.07, 6.45) is -1.78. The third-order valence-electron chi connectivity index (χ3n) is 3.62. The van der Waals surface area contributed by atoms with Gasteiger partial charge < -0.3 is 24.7 Å². The third-order valence-corrected chi connectivity index (χ3v) is 4.43. The molecule has 1 fully saturated rings. The molecule has 7 nitrogen and oxygen atoms in total. The second kappa shape index (κ2) is 7.61. The normalized spacial score (nSPS) is 17.9. The average molecular weight is 363 g/mol. The first-order valence-corrected chi connectivity index (χ1v) is 7.70. The highest BCUT2D eigenvalue weighted by atomic mass is 35.5. The van der Waals surface area contributed by atoms with E-state index in [2.05, 4.69) is 0 Å². The Balaban J connectivity index is 1.96. The molecule has 1 aliphatic heterocycles. The van der Waals surface area contributed by atoms with Gasteiger partial charge in [-0.25, -0.2) is 9.59 Å². The van der Waals surface area contributed by atoms with E-state index < -0.39 is 18.2 Å². The molecular formula is C14H16Cl2N2O5. The summed E-state index contributed by atoms with van der Waals surface area (Å²) in [6, 6.07) is 4.53. The van der Waals surface area contributed by atoms with Crippen LogP contribution in [0.4, 0.5) is 9.59 Å². The van der Waals surface area contributed by atoms with Crippen LogP contribution in [0.25, 0.3) is 0 Å². The minimum Gasteiger partial charge on any atom is -0.492 e. The Kier molecular flexibility index (Phi) is 5.79. The van der Waals surface area contributed by atoms with Gasteiger partial charge in [0.05, 0.1) is 17.7 Å². The fraction of sp³-hybridized carbons (Fsp3) is 0.429. The molecule has 0 saturated carbocycles. The van der Waals surface area contributed by atoms with Crippen LogP contribution in [0.5, 0.6) is 5.75 Å². The summed E-state index contributed by atoms with van der Waals surface area (Å²) in [6.45, 7) is 0.625. The van der Waals surface area contributed by atoms with Gasteiger partial charge in [-0.2, -0.15) is 0 Å². The molecular weight excluding hydrogens is 347 g/mol. The van der Waals surface area contributed by atoms with Crippen LogP contribution in [0.15, 0.2) is 18.2 Å². The number of benzene rings is 1. The predicted octanol–water partition coefficient (Wildman–Crippen LogP) is 3.10. The number of rotatable bonds is 4. The van der Waals surface area contributed by atoms with Crippen molar-refractivity contribution in [2.75, 3.05) is 26.2 Å². The van der Waals surface area contributed by atoms with E-state index in [1.165, 1.54) is 9.80 Å². The topological polar surface area (TPSA) is 90.3 Å². The van der Waals surface area contributed by atoms with Crippen molar-refractivity contribution >= 4 is 35.4 Å². The van der Waals surface area contributed by atoms with Gasteiger partial charge in [0.1, 0.15) is 10.8 Å². The lowest BCUT2D eigenvalue weighted by Gasteiger charge is -2.38. The molecule has 1 aliphatic rings. The highest BCUT2D eigenvalue weighted by Gasteiger charge is 2.32. The van der Waals surface area contributed by atoms with E-state index in [1.807, 2.05) is 0 Å². The molecule has 2 N–H and O–H groups in total. The van der Waals surface area contributed by atoms with Crippen LogP contribution in [-0.2, 0) is 0 Å². The molecule has 2 rings (SSSR count). The number of hydrogen-bond donors (Lipinski definition) is 2. The summed E-state index contributed by atoms with van der Waals surface area (Å²) in [4.78, 5) is 24.7. The molecule has 1 heterocycles. The summed E-state index contributed by atoms with van der Waals surface area (Å²) >= 11 is 11.9. The van der Waals surface area contributed by atoms with E-state index in [0.717, 1.165) is 0 Å². The summed E-state index contributed by atoms with van der Waals surface area (Å²) in [7, 11) is 0. The molecule has 1 aromatic carbocycles. The van der Waals surface area contributed by atoms with Gasteiger partial charge in [-0.1, -0.05) is 29.3 Å². The van der Waals surface area contributed by atoms with Gasteiger partial charge in [0.15, 0.2) is 0 Å². The second-order valence-electron chi connectivity index (χ2n) is 5.05. The Morgan fingerprint density at radius 3 is 2.61 bits per heavy atom. The lowest BCUT2D eigenvalue weighted by atomic mass is 10.1. The zero-order valence-electron chi connectivity index (χ0n) is 12.1. The Bertz CT molecular complexity index is 599. The van der Waals surface area contributed by atoms with E-state index in [4.69, 9.17) is 33.0 Å².